The third-order valence-electron chi connectivity index (χ3n) is 3.08. The van der Waals surface area contributed by atoms with Crippen LogP contribution in [-0.4, -0.2) is 38.5 Å². The SMILES string of the molecule is CC1CNC(C2NCC(C)CN2)NC1. The normalized spacial score (nSPS) is 45.0. The van der Waals surface area contributed by atoms with Crippen LogP contribution >= 0.6 is 0 Å². The highest BCUT2D eigenvalue weighted by atomic mass is 15.3. The summed E-state index contributed by atoms with van der Waals surface area (Å²) in [6.07, 6.45) is 0.775. The Morgan fingerprint density at radius 1 is 0.643 bits per heavy atom. The molecule has 2 rings (SSSR count). The molecule has 2 aliphatic heterocycles. The molecule has 0 bridgehead atoms. The molecule has 0 spiro atoms. The predicted molar refractivity (Wildman–Crippen MR) is 57.9 cm³/mol. The van der Waals surface area contributed by atoms with Crippen LogP contribution in [0.1, 0.15) is 13.8 Å². The fraction of sp³-hybridized carbons (Fsp3) is 1.00. The van der Waals surface area contributed by atoms with E-state index in [4.69, 9.17) is 0 Å². The molecule has 4 N–H and O–H groups in total. The Balaban J connectivity index is 1.78. The molecule has 2 saturated heterocycles. The number of hydrogen-bond donors (Lipinski definition) is 4. The monoisotopic (exact) mass is 198 g/mol. The molecule has 0 aliphatic carbocycles. The Bertz CT molecular complexity index is 149. The van der Waals surface area contributed by atoms with Gasteiger partial charge in [-0.05, 0) is 11.8 Å². The first-order valence-electron chi connectivity index (χ1n) is 5.69. The highest BCUT2D eigenvalue weighted by molar-refractivity contribution is 4.87. The Morgan fingerprint density at radius 2 is 0.929 bits per heavy atom. The summed E-state index contributed by atoms with van der Waals surface area (Å²) in [5.74, 6) is 1.49. The summed E-state index contributed by atoms with van der Waals surface area (Å²) in [4.78, 5) is 0. The molecular formula is C10H22N4. The van der Waals surface area contributed by atoms with Crippen LogP contribution in [0.25, 0.3) is 0 Å². The lowest BCUT2D eigenvalue weighted by molar-refractivity contribution is 0.191. The molecule has 0 radical (unpaired) electrons. The molecule has 0 aromatic rings. The van der Waals surface area contributed by atoms with Gasteiger partial charge in [-0.25, -0.2) is 0 Å². The lowest BCUT2D eigenvalue weighted by atomic mass is 10.1. The Hall–Kier alpha value is -0.160. The lowest BCUT2D eigenvalue weighted by Gasteiger charge is -2.39. The maximum Gasteiger partial charge on any atom is 0.0866 e. The van der Waals surface area contributed by atoms with Crippen molar-refractivity contribution < 1.29 is 0 Å². The van der Waals surface area contributed by atoms with Gasteiger partial charge in [0.2, 0.25) is 0 Å². The van der Waals surface area contributed by atoms with Gasteiger partial charge in [0.05, 0.1) is 12.3 Å². The second kappa shape index (κ2) is 4.57. The highest BCUT2D eigenvalue weighted by Gasteiger charge is 2.27. The third kappa shape index (κ3) is 2.45. The van der Waals surface area contributed by atoms with Crippen molar-refractivity contribution in [3.63, 3.8) is 0 Å². The Kier molecular flexibility index (Phi) is 3.38. The molecule has 4 nitrogen and oxygen atoms in total. The van der Waals surface area contributed by atoms with Gasteiger partial charge in [0, 0.05) is 26.2 Å². The largest absolute Gasteiger partial charge is 0.299 e. The van der Waals surface area contributed by atoms with Gasteiger partial charge >= 0.3 is 0 Å². The summed E-state index contributed by atoms with van der Waals surface area (Å²) < 4.78 is 0. The first kappa shape index (κ1) is 10.4. The van der Waals surface area contributed by atoms with Gasteiger partial charge in [0.1, 0.15) is 0 Å². The highest BCUT2D eigenvalue weighted by Crippen LogP contribution is 2.04. The van der Waals surface area contributed by atoms with Gasteiger partial charge in [-0.1, -0.05) is 13.8 Å². The van der Waals surface area contributed by atoms with Crippen LogP contribution in [0.4, 0.5) is 0 Å². The van der Waals surface area contributed by atoms with E-state index in [9.17, 15) is 0 Å². The maximum absolute atomic E-state index is 3.52. The zero-order valence-electron chi connectivity index (χ0n) is 9.14. The van der Waals surface area contributed by atoms with Crippen molar-refractivity contribution in [2.75, 3.05) is 26.2 Å². The molecule has 0 amide bonds. The van der Waals surface area contributed by atoms with Crippen LogP contribution in [0.2, 0.25) is 0 Å². The molecule has 0 saturated carbocycles. The van der Waals surface area contributed by atoms with E-state index < -0.39 is 0 Å². The quantitative estimate of drug-likeness (QED) is 0.450. The number of hydrogen-bond acceptors (Lipinski definition) is 4. The first-order chi connectivity index (χ1) is 6.75. The molecule has 14 heavy (non-hydrogen) atoms. The van der Waals surface area contributed by atoms with Gasteiger partial charge in [-0.3, -0.25) is 21.3 Å². The van der Waals surface area contributed by atoms with Crippen molar-refractivity contribution in [1.29, 1.82) is 0 Å². The smallest absolute Gasteiger partial charge is 0.0866 e. The molecule has 2 aliphatic rings. The van der Waals surface area contributed by atoms with Gasteiger partial charge in [0.15, 0.2) is 0 Å². The van der Waals surface area contributed by atoms with E-state index in [-0.39, 0.29) is 0 Å². The molecule has 82 valence electrons. The fourth-order valence-corrected chi connectivity index (χ4v) is 2.07. The Labute approximate surface area is 86.2 Å². The van der Waals surface area contributed by atoms with Crippen molar-refractivity contribution in [2.45, 2.75) is 26.2 Å². The average Bonchev–Trinajstić information content (AvgIpc) is 2.21. The zero-order valence-corrected chi connectivity index (χ0v) is 9.14. The molecule has 0 unspecified atom stereocenters. The van der Waals surface area contributed by atoms with E-state index in [0.717, 1.165) is 38.0 Å². The predicted octanol–water partition coefficient (Wildman–Crippen LogP) is -0.704. The van der Waals surface area contributed by atoms with E-state index in [1.165, 1.54) is 0 Å². The molecule has 2 heterocycles. The van der Waals surface area contributed by atoms with E-state index >= 15 is 0 Å². The van der Waals surface area contributed by atoms with Crippen LogP contribution in [0.3, 0.4) is 0 Å². The fourth-order valence-electron chi connectivity index (χ4n) is 2.07. The molecular weight excluding hydrogens is 176 g/mol. The van der Waals surface area contributed by atoms with Gasteiger partial charge in [-0.2, -0.15) is 0 Å². The summed E-state index contributed by atoms with van der Waals surface area (Å²) in [5.41, 5.74) is 0. The Morgan fingerprint density at radius 3 is 1.21 bits per heavy atom. The van der Waals surface area contributed by atoms with Crippen LogP contribution in [0, 0.1) is 11.8 Å². The molecule has 0 aromatic heterocycles. The molecule has 0 aromatic carbocycles. The summed E-state index contributed by atoms with van der Waals surface area (Å²) in [5, 5.41) is 14.1. The lowest BCUT2D eigenvalue weighted by Crippen LogP contribution is -2.68. The molecule has 4 heteroatoms. The van der Waals surface area contributed by atoms with Crippen molar-refractivity contribution in [2.24, 2.45) is 11.8 Å². The van der Waals surface area contributed by atoms with Crippen molar-refractivity contribution >= 4 is 0 Å². The average molecular weight is 198 g/mol. The third-order valence-corrected chi connectivity index (χ3v) is 3.08. The summed E-state index contributed by atoms with van der Waals surface area (Å²) in [6.45, 7) is 9.00. The minimum atomic E-state index is 0.388. The standard InChI is InChI=1S/C10H22N4/c1-7-3-11-9(12-4-7)10-13-5-8(2)6-14-10/h7-14H,3-6H2,1-2H3. The van der Waals surface area contributed by atoms with Gasteiger partial charge in [0.25, 0.3) is 0 Å². The summed E-state index contributed by atoms with van der Waals surface area (Å²) in [6, 6.07) is 0. The zero-order chi connectivity index (χ0) is 9.97. The first-order valence-corrected chi connectivity index (χ1v) is 5.69. The summed E-state index contributed by atoms with van der Waals surface area (Å²) >= 11 is 0. The van der Waals surface area contributed by atoms with Crippen molar-refractivity contribution in [1.82, 2.24) is 21.3 Å². The second-order valence-corrected chi connectivity index (χ2v) is 4.80. The van der Waals surface area contributed by atoms with E-state index in [2.05, 4.69) is 35.1 Å². The van der Waals surface area contributed by atoms with Crippen molar-refractivity contribution in [3.8, 4) is 0 Å². The van der Waals surface area contributed by atoms with Crippen LogP contribution in [0.15, 0.2) is 0 Å². The number of nitrogens with one attached hydrogen (secondary N) is 4. The van der Waals surface area contributed by atoms with Gasteiger partial charge < -0.3 is 0 Å². The van der Waals surface area contributed by atoms with Crippen LogP contribution in [-0.2, 0) is 0 Å². The van der Waals surface area contributed by atoms with Gasteiger partial charge in [-0.15, -0.1) is 0 Å². The topological polar surface area (TPSA) is 48.1 Å². The number of rotatable bonds is 1. The molecule has 0 atom stereocenters. The van der Waals surface area contributed by atoms with E-state index in [0.29, 0.717) is 12.3 Å². The second-order valence-electron chi connectivity index (χ2n) is 4.80. The minimum Gasteiger partial charge on any atom is -0.299 e. The van der Waals surface area contributed by atoms with Crippen LogP contribution in [0.5, 0.6) is 0 Å². The van der Waals surface area contributed by atoms with Crippen molar-refractivity contribution in [3.05, 3.63) is 0 Å². The maximum atomic E-state index is 3.52. The van der Waals surface area contributed by atoms with E-state index in [1.807, 2.05) is 0 Å². The molecule has 2 fully saturated rings. The van der Waals surface area contributed by atoms with E-state index in [1.54, 1.807) is 0 Å². The van der Waals surface area contributed by atoms with Crippen LogP contribution < -0.4 is 21.3 Å². The minimum absolute atomic E-state index is 0.388. The summed E-state index contributed by atoms with van der Waals surface area (Å²) in [7, 11) is 0.